The molecule has 0 unspecified atom stereocenters. The number of benzene rings is 1. The molecule has 1 aromatic carbocycles. The molecule has 0 atom stereocenters. The monoisotopic (exact) mass is 323 g/mol. The second kappa shape index (κ2) is 5.40. The van der Waals surface area contributed by atoms with E-state index in [1.165, 1.54) is 18.2 Å². The van der Waals surface area contributed by atoms with Crippen LogP contribution < -0.4 is 4.72 Å². The van der Waals surface area contributed by atoms with Gasteiger partial charge in [-0.25, -0.2) is 21.6 Å². The second-order valence-electron chi connectivity index (χ2n) is 4.52. The standard InChI is InChI=1S/C11H14ClNO4S2/c12-18(14,15)10-6-3-7-11(8-10)19(16,17)13-9-4-1-2-5-9/h3,6-9,13H,1-2,4-5H2. The van der Waals surface area contributed by atoms with Gasteiger partial charge in [0.05, 0.1) is 9.79 Å². The zero-order valence-corrected chi connectivity index (χ0v) is 12.4. The van der Waals surface area contributed by atoms with Gasteiger partial charge in [0, 0.05) is 16.7 Å². The van der Waals surface area contributed by atoms with E-state index in [4.69, 9.17) is 10.7 Å². The number of hydrogen-bond donors (Lipinski definition) is 1. The van der Waals surface area contributed by atoms with Crippen LogP contribution in [-0.4, -0.2) is 22.9 Å². The summed E-state index contributed by atoms with van der Waals surface area (Å²) in [4.78, 5) is -0.301. The lowest BCUT2D eigenvalue weighted by atomic mass is 10.3. The minimum atomic E-state index is -3.93. The SMILES string of the molecule is O=S(=O)(Cl)c1cccc(S(=O)(=O)NC2CCCC2)c1. The lowest BCUT2D eigenvalue weighted by Gasteiger charge is -2.12. The molecule has 1 fully saturated rings. The summed E-state index contributed by atoms with van der Waals surface area (Å²) in [7, 11) is -2.42. The van der Waals surface area contributed by atoms with Gasteiger partial charge in [0.15, 0.2) is 0 Å². The van der Waals surface area contributed by atoms with Crippen LogP contribution in [0.2, 0.25) is 0 Å². The fraction of sp³-hybridized carbons (Fsp3) is 0.455. The first kappa shape index (κ1) is 14.8. The fourth-order valence-corrected chi connectivity index (χ4v) is 4.35. The number of rotatable bonds is 4. The van der Waals surface area contributed by atoms with Gasteiger partial charge in [0.1, 0.15) is 0 Å². The van der Waals surface area contributed by atoms with Crippen molar-refractivity contribution in [1.82, 2.24) is 4.72 Å². The topological polar surface area (TPSA) is 80.3 Å². The lowest BCUT2D eigenvalue weighted by Crippen LogP contribution is -2.32. The number of hydrogen-bond acceptors (Lipinski definition) is 4. The van der Waals surface area contributed by atoms with Gasteiger partial charge in [-0.3, -0.25) is 0 Å². The molecule has 1 saturated carbocycles. The van der Waals surface area contributed by atoms with Crippen LogP contribution in [0.25, 0.3) is 0 Å². The Balaban J connectivity index is 2.30. The average Bonchev–Trinajstić information content (AvgIpc) is 2.80. The van der Waals surface area contributed by atoms with Crippen molar-refractivity contribution in [2.75, 3.05) is 0 Å². The molecular weight excluding hydrogens is 310 g/mol. The van der Waals surface area contributed by atoms with Crippen molar-refractivity contribution >= 4 is 29.8 Å². The van der Waals surface area contributed by atoms with Crippen LogP contribution in [0.15, 0.2) is 34.1 Å². The third-order valence-electron chi connectivity index (χ3n) is 3.07. The zero-order chi connectivity index (χ0) is 14.1. The third kappa shape index (κ3) is 3.68. The molecule has 0 bridgehead atoms. The summed E-state index contributed by atoms with van der Waals surface area (Å²) < 4.78 is 49.2. The van der Waals surface area contributed by atoms with Crippen molar-refractivity contribution in [3.05, 3.63) is 24.3 Å². The van der Waals surface area contributed by atoms with Crippen LogP contribution in [0, 0.1) is 0 Å². The van der Waals surface area contributed by atoms with Gasteiger partial charge in [-0.2, -0.15) is 0 Å². The van der Waals surface area contributed by atoms with Crippen LogP contribution in [0.3, 0.4) is 0 Å². The van der Waals surface area contributed by atoms with Crippen LogP contribution in [0.5, 0.6) is 0 Å². The van der Waals surface area contributed by atoms with E-state index in [1.807, 2.05) is 0 Å². The zero-order valence-electron chi connectivity index (χ0n) is 10.0. The second-order valence-corrected chi connectivity index (χ2v) is 8.80. The normalized spacial score (nSPS) is 17.7. The van der Waals surface area contributed by atoms with Crippen LogP contribution in [-0.2, 0) is 19.1 Å². The molecule has 0 aromatic heterocycles. The summed E-state index contributed by atoms with van der Waals surface area (Å²) in [5.74, 6) is 0. The van der Waals surface area contributed by atoms with E-state index in [0.717, 1.165) is 31.7 Å². The highest BCUT2D eigenvalue weighted by atomic mass is 35.7. The van der Waals surface area contributed by atoms with Crippen molar-refractivity contribution in [1.29, 1.82) is 0 Å². The maximum atomic E-state index is 12.1. The molecule has 19 heavy (non-hydrogen) atoms. The van der Waals surface area contributed by atoms with E-state index in [2.05, 4.69) is 4.72 Å². The van der Waals surface area contributed by atoms with Crippen molar-refractivity contribution in [3.63, 3.8) is 0 Å². The number of nitrogens with one attached hydrogen (secondary N) is 1. The largest absolute Gasteiger partial charge is 0.261 e. The molecule has 0 radical (unpaired) electrons. The average molecular weight is 324 g/mol. The Labute approximate surface area is 117 Å². The van der Waals surface area contributed by atoms with E-state index < -0.39 is 19.1 Å². The van der Waals surface area contributed by atoms with E-state index >= 15 is 0 Å². The molecule has 0 amide bonds. The van der Waals surface area contributed by atoms with Gasteiger partial charge in [0.25, 0.3) is 9.05 Å². The third-order valence-corrected chi connectivity index (χ3v) is 5.94. The van der Waals surface area contributed by atoms with Crippen molar-refractivity contribution in [2.45, 2.75) is 41.5 Å². The predicted octanol–water partition coefficient (Wildman–Crippen LogP) is 1.84. The quantitative estimate of drug-likeness (QED) is 0.857. The molecule has 0 spiro atoms. The van der Waals surface area contributed by atoms with Crippen LogP contribution >= 0.6 is 10.7 Å². The molecule has 0 saturated heterocycles. The molecule has 1 aliphatic carbocycles. The van der Waals surface area contributed by atoms with E-state index in [9.17, 15) is 16.8 Å². The maximum Gasteiger partial charge on any atom is 0.261 e. The summed E-state index contributed by atoms with van der Waals surface area (Å²) in [5, 5.41) is 0. The molecule has 2 rings (SSSR count). The van der Waals surface area contributed by atoms with Gasteiger partial charge in [-0.1, -0.05) is 18.9 Å². The molecule has 106 valence electrons. The minimum absolute atomic E-state index is 0.0683. The summed E-state index contributed by atoms with van der Waals surface area (Å²) in [6.45, 7) is 0. The Hall–Kier alpha value is -0.630. The summed E-state index contributed by atoms with van der Waals surface area (Å²) in [6, 6.07) is 4.97. The first-order chi connectivity index (χ1) is 8.79. The Bertz CT molecular complexity index is 664. The van der Waals surface area contributed by atoms with Crippen molar-refractivity contribution < 1.29 is 16.8 Å². The number of halogens is 1. The van der Waals surface area contributed by atoms with Crippen molar-refractivity contribution in [2.24, 2.45) is 0 Å². The molecular formula is C11H14ClNO4S2. The van der Waals surface area contributed by atoms with Gasteiger partial charge < -0.3 is 0 Å². The molecule has 1 aromatic rings. The van der Waals surface area contributed by atoms with Gasteiger partial charge in [-0.05, 0) is 31.0 Å². The molecule has 8 heteroatoms. The van der Waals surface area contributed by atoms with Crippen LogP contribution in [0.1, 0.15) is 25.7 Å². The Morgan fingerprint density at radius 3 is 2.21 bits per heavy atom. The lowest BCUT2D eigenvalue weighted by molar-refractivity contribution is 0.552. The Kier molecular flexibility index (Phi) is 4.20. The highest BCUT2D eigenvalue weighted by Gasteiger charge is 2.24. The van der Waals surface area contributed by atoms with Gasteiger partial charge in [0.2, 0.25) is 10.0 Å². The summed E-state index contributed by atoms with van der Waals surface area (Å²) >= 11 is 0. The first-order valence-electron chi connectivity index (χ1n) is 5.86. The predicted molar refractivity (Wildman–Crippen MR) is 72.1 cm³/mol. The molecule has 1 aliphatic rings. The smallest absolute Gasteiger partial charge is 0.208 e. The minimum Gasteiger partial charge on any atom is -0.208 e. The van der Waals surface area contributed by atoms with E-state index in [1.54, 1.807) is 0 Å². The summed E-state index contributed by atoms with van der Waals surface area (Å²) in [6.07, 6.45) is 3.63. The number of sulfonamides is 1. The molecule has 0 aliphatic heterocycles. The highest BCUT2D eigenvalue weighted by Crippen LogP contribution is 2.22. The molecule has 0 heterocycles. The Morgan fingerprint density at radius 2 is 1.63 bits per heavy atom. The summed E-state index contributed by atoms with van der Waals surface area (Å²) in [5.41, 5.74) is 0. The maximum absolute atomic E-state index is 12.1. The van der Waals surface area contributed by atoms with Crippen molar-refractivity contribution in [3.8, 4) is 0 Å². The van der Waals surface area contributed by atoms with Gasteiger partial charge >= 0.3 is 0 Å². The first-order valence-corrected chi connectivity index (χ1v) is 9.65. The van der Waals surface area contributed by atoms with E-state index in [-0.39, 0.29) is 15.8 Å². The molecule has 5 nitrogen and oxygen atoms in total. The molecule has 1 N–H and O–H groups in total. The van der Waals surface area contributed by atoms with Gasteiger partial charge in [-0.15, -0.1) is 0 Å². The van der Waals surface area contributed by atoms with E-state index in [0.29, 0.717) is 0 Å². The fourth-order valence-electron chi connectivity index (χ4n) is 2.12. The van der Waals surface area contributed by atoms with Crippen LogP contribution in [0.4, 0.5) is 0 Å². The Morgan fingerprint density at radius 1 is 1.05 bits per heavy atom. The highest BCUT2D eigenvalue weighted by molar-refractivity contribution is 8.13.